The van der Waals surface area contributed by atoms with Gasteiger partial charge in [0.2, 0.25) is 5.91 Å². The second-order valence-electron chi connectivity index (χ2n) is 17.7. The Bertz CT molecular complexity index is 2160. The molecule has 5 aliphatic heterocycles. The van der Waals surface area contributed by atoms with Crippen LogP contribution in [0.4, 0.5) is 0 Å². The smallest absolute Gasteiger partial charge is 0.875 e. The van der Waals surface area contributed by atoms with Gasteiger partial charge in [0.15, 0.2) is 0 Å². The molecule has 67 heavy (non-hydrogen) atoms. The molecule has 0 spiro atoms. The number of hydrogen-bond acceptors (Lipinski definition) is 14. The fraction of sp³-hybridized carbons (Fsp3) is 0.608. The summed E-state index contributed by atoms with van der Waals surface area (Å²) >= 11 is 0. The predicted octanol–water partition coefficient (Wildman–Crippen LogP) is 4.09. The van der Waals surface area contributed by atoms with Crippen LogP contribution in [0.15, 0.2) is 100 Å². The van der Waals surface area contributed by atoms with Gasteiger partial charge in [0.05, 0.1) is 48.6 Å². The largest absolute Gasteiger partial charge is 2.00 e. The molecule has 1 amide bonds. The van der Waals surface area contributed by atoms with E-state index in [-0.39, 0.29) is 75.1 Å². The standard InChI is InChI=1S/C51H78N10O5.Pd/c1-12-36-31(6)39-30-44-47(35(10)62)33(8)41(57-44)28-40-32(7)37(17-18-45(63)54-21-19-52-23-25-60(13-2)14-3)49(58-40)38(27-46(64)66-11)50-48(34(9)42(59-50)29-43(36)56-39)51(65)55-22-20-53-24-26-61(15-4)16-5;/h28-32,36-37,52-53,56,62H,12-27H2,1-11H3,(H,54,63)(H,55,65);/q;+2/p-2/b39-30?,40-28?,43-29?,47-35+,50-38?;/t31-,32+,36-,37+;/m1./s1. The summed E-state index contributed by atoms with van der Waals surface area (Å²) in [5, 5.41) is 41.4. The zero-order chi connectivity index (χ0) is 48.1. The molecular weight excluding hydrogens is 939 g/mol. The van der Waals surface area contributed by atoms with Crippen LogP contribution < -0.4 is 31.5 Å². The Kier molecular flexibility index (Phi) is 21.8. The van der Waals surface area contributed by atoms with Crippen LogP contribution in [0, 0.1) is 23.7 Å². The van der Waals surface area contributed by atoms with E-state index in [0.717, 1.165) is 75.7 Å². The first-order chi connectivity index (χ1) is 31.7. The first-order valence-electron chi connectivity index (χ1n) is 24.3. The Morgan fingerprint density at radius 1 is 0.806 bits per heavy atom. The topological polar surface area (TPSA) is 194 Å². The van der Waals surface area contributed by atoms with Gasteiger partial charge in [-0.15, -0.1) is 5.76 Å². The summed E-state index contributed by atoms with van der Waals surface area (Å²) in [5.41, 5.74) is 8.03. The van der Waals surface area contributed by atoms with Crippen molar-refractivity contribution < 1.29 is 45.0 Å². The van der Waals surface area contributed by atoms with Crippen molar-refractivity contribution in [2.24, 2.45) is 43.6 Å². The van der Waals surface area contributed by atoms with E-state index in [0.29, 0.717) is 82.6 Å². The zero-order valence-corrected chi connectivity index (χ0v) is 43.5. The van der Waals surface area contributed by atoms with Crippen LogP contribution in [0.5, 0.6) is 0 Å². The number of nitrogens with one attached hydrogen (secondary N) is 4. The van der Waals surface area contributed by atoms with E-state index in [1.165, 1.54) is 7.11 Å². The quantitative estimate of drug-likeness (QED) is 0.0290. The number of rotatable bonds is 23. The molecule has 0 aromatic rings. The first-order valence-corrected chi connectivity index (χ1v) is 24.3. The summed E-state index contributed by atoms with van der Waals surface area (Å²) in [6, 6.07) is 0. The van der Waals surface area contributed by atoms with E-state index in [2.05, 4.69) is 84.5 Å². The molecule has 5 rings (SSSR count). The van der Waals surface area contributed by atoms with Gasteiger partial charge < -0.3 is 46.0 Å². The molecule has 0 aromatic heterocycles. The summed E-state index contributed by atoms with van der Waals surface area (Å²) in [5.74, 6) is -1.51. The number of fused-ring (bicyclic) bond motifs is 5. The number of hydrogen-bond donors (Lipinski definition) is 4. The van der Waals surface area contributed by atoms with Gasteiger partial charge in [0.25, 0.3) is 0 Å². The van der Waals surface area contributed by atoms with Gasteiger partial charge in [-0.1, -0.05) is 55.4 Å². The number of amides is 1. The monoisotopic (exact) mass is 1010 g/mol. The Balaban J connectivity index is 0.00000980. The van der Waals surface area contributed by atoms with Crippen LogP contribution >= 0.6 is 0 Å². The summed E-state index contributed by atoms with van der Waals surface area (Å²) in [6.45, 7) is 29.6. The number of esters is 1. The molecule has 5 aliphatic rings. The van der Waals surface area contributed by atoms with Crippen molar-refractivity contribution in [2.75, 3.05) is 85.6 Å². The third-order valence-corrected chi connectivity index (χ3v) is 13.8. The number of allylic oxidation sites excluding steroid dienone is 10. The zero-order valence-electron chi connectivity index (χ0n) is 41.9. The van der Waals surface area contributed by atoms with Crippen molar-refractivity contribution in [3.63, 3.8) is 0 Å². The van der Waals surface area contributed by atoms with Crippen LogP contribution in [0.1, 0.15) is 94.9 Å². The van der Waals surface area contributed by atoms with E-state index in [9.17, 15) is 19.8 Å². The normalized spacial score (nSPS) is 22.4. The molecule has 1 saturated heterocycles. The minimum Gasteiger partial charge on any atom is -0.875 e. The van der Waals surface area contributed by atoms with Gasteiger partial charge in [-0.2, -0.15) is 0 Å². The molecule has 5 heterocycles. The van der Waals surface area contributed by atoms with Gasteiger partial charge in [-0.25, -0.2) is 9.98 Å². The van der Waals surface area contributed by atoms with Gasteiger partial charge in [-0.05, 0) is 93.7 Å². The maximum atomic E-state index is 14.5. The van der Waals surface area contributed by atoms with Crippen molar-refractivity contribution in [3.05, 3.63) is 80.3 Å². The Morgan fingerprint density at radius 3 is 2.06 bits per heavy atom. The van der Waals surface area contributed by atoms with E-state index < -0.39 is 11.9 Å². The Morgan fingerprint density at radius 2 is 1.45 bits per heavy atom. The van der Waals surface area contributed by atoms with Gasteiger partial charge in [0, 0.05) is 104 Å². The number of methoxy groups -OCH3 is 1. The number of ether oxygens (including phenoxy) is 1. The fourth-order valence-electron chi connectivity index (χ4n) is 9.55. The van der Waals surface area contributed by atoms with Crippen molar-refractivity contribution in [2.45, 2.75) is 94.9 Å². The van der Waals surface area contributed by atoms with Crippen molar-refractivity contribution >= 4 is 34.9 Å². The Hall–Kier alpha value is -4.30. The van der Waals surface area contributed by atoms with Gasteiger partial charge in [-0.3, -0.25) is 19.6 Å². The van der Waals surface area contributed by atoms with E-state index in [1.54, 1.807) is 6.92 Å². The summed E-state index contributed by atoms with van der Waals surface area (Å²) < 4.78 is 5.30. The van der Waals surface area contributed by atoms with E-state index in [1.807, 2.05) is 32.1 Å². The summed E-state index contributed by atoms with van der Waals surface area (Å²) in [6.07, 6.45) is 7.16. The Labute approximate surface area is 413 Å². The predicted molar refractivity (Wildman–Crippen MR) is 263 cm³/mol. The van der Waals surface area contributed by atoms with Crippen molar-refractivity contribution in [1.82, 2.24) is 31.1 Å². The molecular formula is C51H76N10O5Pd. The molecule has 15 nitrogen and oxygen atoms in total. The van der Waals surface area contributed by atoms with Crippen LogP contribution in [0.3, 0.4) is 0 Å². The molecule has 370 valence electrons. The van der Waals surface area contributed by atoms with Crippen LogP contribution in [0.2, 0.25) is 0 Å². The van der Waals surface area contributed by atoms with Crippen LogP contribution in [0.25, 0.3) is 0 Å². The molecule has 0 unspecified atom stereocenters. The summed E-state index contributed by atoms with van der Waals surface area (Å²) in [4.78, 5) is 51.8. The average molecular weight is 1020 g/mol. The van der Waals surface area contributed by atoms with Gasteiger partial charge in [0.1, 0.15) is 0 Å². The molecule has 4 atom stereocenters. The summed E-state index contributed by atoms with van der Waals surface area (Å²) in [7, 11) is 1.34. The third kappa shape index (κ3) is 13.7. The van der Waals surface area contributed by atoms with E-state index >= 15 is 0 Å². The number of nitrogens with zero attached hydrogens (tertiary/aromatic N) is 6. The molecule has 4 N–H and O–H groups in total. The minimum atomic E-state index is -0.512. The van der Waals surface area contributed by atoms with Gasteiger partial charge >= 0.3 is 26.4 Å². The second kappa shape index (κ2) is 26.5. The fourth-order valence-corrected chi connectivity index (χ4v) is 9.55. The minimum absolute atomic E-state index is 0. The number of carbonyl (C=O) groups excluding carboxylic acids is 2. The van der Waals surface area contributed by atoms with Crippen molar-refractivity contribution in [3.8, 4) is 0 Å². The molecule has 16 heteroatoms. The molecule has 1 fully saturated rings. The molecule has 0 saturated carbocycles. The number of likely N-dealkylation sites (N-methyl/N-ethyl adjacent to an activating group) is 2. The average Bonchev–Trinajstić information content (AvgIpc) is 3.99. The molecule has 8 bridgehead atoms. The third-order valence-electron chi connectivity index (χ3n) is 13.8. The molecule has 0 aromatic carbocycles. The van der Waals surface area contributed by atoms with E-state index in [4.69, 9.17) is 19.7 Å². The van der Waals surface area contributed by atoms with Crippen LogP contribution in [-0.2, 0) is 34.7 Å². The maximum Gasteiger partial charge on any atom is 2.00 e. The molecule has 0 radical (unpaired) electrons. The number of aliphatic imine (C=N–C) groups is 4. The van der Waals surface area contributed by atoms with Crippen molar-refractivity contribution in [1.29, 1.82) is 0 Å². The maximum absolute atomic E-state index is 14.5. The molecule has 0 aliphatic carbocycles. The first kappa shape index (κ1) is 55.3. The van der Waals surface area contributed by atoms with Crippen LogP contribution in [-0.4, -0.2) is 130 Å². The SMILES string of the molecule is CC[C@H]1C2=CC3=NC(=C(CC(=O)OC)C4=NC(=CC5=C(C)/C(=C(/C)[O-])C(=N5)C=C(N2)[C@@H]1C)[C@@H](C)[C@@H]4CCC(=O)NCCNCCN(CC)CC)C(C([O-])=NCCNCCN(CC)CC)=C3C.[Pd+2]. The second-order valence-corrected chi connectivity index (χ2v) is 17.7. The number of carbonyl (C=O) groups is 2.